The van der Waals surface area contributed by atoms with E-state index in [2.05, 4.69) is 30.2 Å². The molecule has 1 saturated heterocycles. The standard InChI is InChI=1S/C19H26N4O2/c1-3-15-7-5-6-8-18(15)25-17-12-23(13-17)19(24)21-16(4-2)11-22-10-9-20-14-22/h5-10,14,16-17H,3-4,11-13H2,1-2H3,(H,21,24)/t16-/m1/s1. The molecule has 6 heteroatoms. The number of nitrogens with zero attached hydrogens (tertiary/aromatic N) is 3. The highest BCUT2D eigenvalue weighted by Gasteiger charge is 2.33. The molecule has 134 valence electrons. The topological polar surface area (TPSA) is 59.4 Å². The fourth-order valence-electron chi connectivity index (χ4n) is 2.96. The number of carbonyl (C=O) groups is 1. The highest BCUT2D eigenvalue weighted by Crippen LogP contribution is 2.23. The number of aryl methyl sites for hydroxylation is 1. The van der Waals surface area contributed by atoms with Crippen molar-refractivity contribution in [2.75, 3.05) is 13.1 Å². The second-order valence-corrected chi connectivity index (χ2v) is 6.42. The van der Waals surface area contributed by atoms with Gasteiger partial charge in [0.2, 0.25) is 0 Å². The van der Waals surface area contributed by atoms with Gasteiger partial charge < -0.3 is 19.5 Å². The number of urea groups is 1. The predicted octanol–water partition coefficient (Wildman–Crippen LogP) is 2.70. The summed E-state index contributed by atoms with van der Waals surface area (Å²) in [5.74, 6) is 0.932. The highest BCUT2D eigenvalue weighted by molar-refractivity contribution is 5.75. The van der Waals surface area contributed by atoms with E-state index in [1.807, 2.05) is 29.0 Å². The van der Waals surface area contributed by atoms with Gasteiger partial charge in [0.25, 0.3) is 0 Å². The van der Waals surface area contributed by atoms with Crippen LogP contribution in [-0.2, 0) is 13.0 Å². The van der Waals surface area contributed by atoms with Crippen LogP contribution < -0.4 is 10.1 Å². The molecular formula is C19H26N4O2. The molecule has 1 aliphatic rings. The first-order valence-electron chi connectivity index (χ1n) is 8.95. The molecule has 2 heterocycles. The van der Waals surface area contributed by atoms with Crippen molar-refractivity contribution in [2.24, 2.45) is 0 Å². The van der Waals surface area contributed by atoms with E-state index >= 15 is 0 Å². The van der Waals surface area contributed by atoms with Crippen LogP contribution in [0.2, 0.25) is 0 Å². The SMILES string of the molecule is CCc1ccccc1OC1CN(C(=O)N[C@H](CC)Cn2ccnc2)C1. The Bertz CT molecular complexity index is 680. The van der Waals surface area contributed by atoms with Crippen LogP contribution in [0.25, 0.3) is 0 Å². The minimum absolute atomic E-state index is 0.0180. The Kier molecular flexibility index (Phi) is 5.58. The van der Waals surface area contributed by atoms with Crippen LogP contribution in [0.5, 0.6) is 5.75 Å². The summed E-state index contributed by atoms with van der Waals surface area (Å²) in [6, 6.07) is 8.18. The van der Waals surface area contributed by atoms with Gasteiger partial charge in [-0.05, 0) is 24.5 Å². The van der Waals surface area contributed by atoms with Crippen molar-refractivity contribution in [3.63, 3.8) is 0 Å². The van der Waals surface area contributed by atoms with Crippen molar-refractivity contribution in [3.05, 3.63) is 48.5 Å². The van der Waals surface area contributed by atoms with Crippen molar-refractivity contribution in [1.82, 2.24) is 19.8 Å². The second kappa shape index (κ2) is 8.05. The Morgan fingerprint density at radius 2 is 2.16 bits per heavy atom. The summed E-state index contributed by atoms with van der Waals surface area (Å²) >= 11 is 0. The monoisotopic (exact) mass is 342 g/mol. The first-order valence-corrected chi connectivity index (χ1v) is 8.95. The number of para-hydroxylation sites is 1. The molecule has 25 heavy (non-hydrogen) atoms. The van der Waals surface area contributed by atoms with Gasteiger partial charge in [0.15, 0.2) is 0 Å². The lowest BCUT2D eigenvalue weighted by Gasteiger charge is -2.39. The number of nitrogens with one attached hydrogen (secondary N) is 1. The van der Waals surface area contributed by atoms with E-state index in [9.17, 15) is 4.79 Å². The van der Waals surface area contributed by atoms with Crippen molar-refractivity contribution in [1.29, 1.82) is 0 Å². The maximum Gasteiger partial charge on any atom is 0.317 e. The van der Waals surface area contributed by atoms with Crippen molar-refractivity contribution in [3.8, 4) is 5.75 Å². The molecular weight excluding hydrogens is 316 g/mol. The highest BCUT2D eigenvalue weighted by atomic mass is 16.5. The van der Waals surface area contributed by atoms with Gasteiger partial charge in [0.05, 0.1) is 19.4 Å². The summed E-state index contributed by atoms with van der Waals surface area (Å²) in [6.45, 7) is 6.19. The Balaban J connectivity index is 1.46. The molecule has 0 spiro atoms. The fourth-order valence-corrected chi connectivity index (χ4v) is 2.96. The molecule has 1 aliphatic heterocycles. The van der Waals surface area contributed by atoms with Gasteiger partial charge >= 0.3 is 6.03 Å². The summed E-state index contributed by atoms with van der Waals surface area (Å²) in [5, 5.41) is 3.10. The molecule has 0 aliphatic carbocycles. The molecule has 0 saturated carbocycles. The van der Waals surface area contributed by atoms with E-state index in [0.29, 0.717) is 13.1 Å². The fraction of sp³-hybridized carbons (Fsp3) is 0.474. The predicted molar refractivity (Wildman–Crippen MR) is 96.6 cm³/mol. The molecule has 2 aromatic rings. The molecule has 1 N–H and O–H groups in total. The summed E-state index contributed by atoms with van der Waals surface area (Å²) in [4.78, 5) is 18.2. The van der Waals surface area contributed by atoms with Gasteiger partial charge in [0.1, 0.15) is 11.9 Å². The third-order valence-corrected chi connectivity index (χ3v) is 4.59. The molecule has 1 aromatic heterocycles. The number of rotatable bonds is 7. The third-order valence-electron chi connectivity index (χ3n) is 4.59. The number of aromatic nitrogens is 2. The molecule has 1 atom stereocenters. The molecule has 1 aromatic carbocycles. The zero-order valence-corrected chi connectivity index (χ0v) is 14.9. The zero-order valence-electron chi connectivity index (χ0n) is 14.9. The van der Waals surface area contributed by atoms with Gasteiger partial charge in [-0.25, -0.2) is 9.78 Å². The molecule has 0 bridgehead atoms. The maximum absolute atomic E-state index is 12.4. The van der Waals surface area contributed by atoms with Crippen molar-refractivity contribution >= 4 is 6.03 Å². The van der Waals surface area contributed by atoms with Gasteiger partial charge in [-0.15, -0.1) is 0 Å². The van der Waals surface area contributed by atoms with E-state index < -0.39 is 0 Å². The molecule has 0 radical (unpaired) electrons. The third kappa shape index (κ3) is 4.32. The second-order valence-electron chi connectivity index (χ2n) is 6.42. The Morgan fingerprint density at radius 1 is 1.36 bits per heavy atom. The van der Waals surface area contributed by atoms with Crippen LogP contribution in [-0.4, -0.2) is 45.7 Å². The van der Waals surface area contributed by atoms with E-state index in [4.69, 9.17) is 4.74 Å². The zero-order chi connectivity index (χ0) is 17.6. The average Bonchev–Trinajstić information content (AvgIpc) is 3.10. The average molecular weight is 342 g/mol. The number of hydrogen-bond donors (Lipinski definition) is 1. The smallest absolute Gasteiger partial charge is 0.317 e. The number of likely N-dealkylation sites (tertiary alicyclic amines) is 1. The Morgan fingerprint density at radius 3 is 2.84 bits per heavy atom. The van der Waals surface area contributed by atoms with Crippen LogP contribution in [0.1, 0.15) is 25.8 Å². The lowest BCUT2D eigenvalue weighted by molar-refractivity contribution is 0.0426. The van der Waals surface area contributed by atoms with E-state index in [1.165, 1.54) is 5.56 Å². The number of ether oxygens (including phenoxy) is 1. The normalized spacial score (nSPS) is 15.5. The minimum Gasteiger partial charge on any atom is -0.486 e. The van der Waals surface area contributed by atoms with Crippen LogP contribution in [0.4, 0.5) is 4.79 Å². The Labute approximate surface area is 148 Å². The van der Waals surface area contributed by atoms with E-state index in [-0.39, 0.29) is 18.2 Å². The number of hydrogen-bond acceptors (Lipinski definition) is 3. The molecule has 2 amide bonds. The quantitative estimate of drug-likeness (QED) is 0.842. The van der Waals surface area contributed by atoms with Gasteiger partial charge in [-0.2, -0.15) is 0 Å². The number of carbonyl (C=O) groups excluding carboxylic acids is 1. The largest absolute Gasteiger partial charge is 0.486 e. The summed E-state index contributed by atoms with van der Waals surface area (Å²) < 4.78 is 8.02. The summed E-state index contributed by atoms with van der Waals surface area (Å²) in [6.07, 6.45) is 7.33. The van der Waals surface area contributed by atoms with Crippen LogP contribution in [0, 0.1) is 0 Å². The van der Waals surface area contributed by atoms with Gasteiger partial charge in [0, 0.05) is 25.0 Å². The van der Waals surface area contributed by atoms with Crippen molar-refractivity contribution < 1.29 is 9.53 Å². The summed E-state index contributed by atoms with van der Waals surface area (Å²) in [5.41, 5.74) is 1.21. The summed E-state index contributed by atoms with van der Waals surface area (Å²) in [7, 11) is 0. The van der Waals surface area contributed by atoms with Crippen LogP contribution in [0.3, 0.4) is 0 Å². The molecule has 6 nitrogen and oxygen atoms in total. The molecule has 0 unspecified atom stereocenters. The van der Waals surface area contributed by atoms with Crippen LogP contribution in [0.15, 0.2) is 43.0 Å². The van der Waals surface area contributed by atoms with Crippen LogP contribution >= 0.6 is 0 Å². The van der Waals surface area contributed by atoms with Crippen molar-refractivity contribution in [2.45, 2.75) is 45.4 Å². The Hall–Kier alpha value is -2.50. The molecule has 1 fully saturated rings. The van der Waals surface area contributed by atoms with E-state index in [1.54, 1.807) is 17.4 Å². The van der Waals surface area contributed by atoms with Gasteiger partial charge in [-0.1, -0.05) is 32.0 Å². The number of amides is 2. The first-order chi connectivity index (χ1) is 12.2. The number of benzene rings is 1. The maximum atomic E-state index is 12.4. The lowest BCUT2D eigenvalue weighted by atomic mass is 10.1. The first kappa shape index (κ1) is 17.3. The van der Waals surface area contributed by atoms with E-state index in [0.717, 1.165) is 25.1 Å². The van der Waals surface area contributed by atoms with Gasteiger partial charge in [-0.3, -0.25) is 0 Å². The number of imidazole rings is 1. The lowest BCUT2D eigenvalue weighted by Crippen LogP contribution is -2.60. The molecule has 3 rings (SSSR count). The minimum atomic E-state index is -0.0180.